The molecule has 0 aromatic rings. The fourth-order valence-electron chi connectivity index (χ4n) is 2.98. The van der Waals surface area contributed by atoms with E-state index in [-0.39, 0.29) is 6.04 Å². The summed E-state index contributed by atoms with van der Waals surface area (Å²) in [7, 11) is -1.67. The Kier molecular flexibility index (Phi) is 8.78. The zero-order chi connectivity index (χ0) is 15.7. The first-order chi connectivity index (χ1) is 10.0. The minimum Gasteiger partial charge on any atom is -0.317 e. The molecule has 0 aromatic heterocycles. The van der Waals surface area contributed by atoms with Crippen LogP contribution in [0.5, 0.6) is 0 Å². The predicted octanol–water partition coefficient (Wildman–Crippen LogP) is 2.11. The summed E-state index contributed by atoms with van der Waals surface area (Å²) >= 11 is 0. The van der Waals surface area contributed by atoms with E-state index in [1.807, 2.05) is 0 Å². The molecule has 1 saturated carbocycles. The molecule has 2 atom stereocenters. The second kappa shape index (κ2) is 9.77. The van der Waals surface area contributed by atoms with Crippen molar-refractivity contribution >= 4 is 10.2 Å². The fourth-order valence-corrected chi connectivity index (χ4v) is 4.22. The highest BCUT2D eigenvalue weighted by molar-refractivity contribution is 7.87. The van der Waals surface area contributed by atoms with Crippen LogP contribution in [0.4, 0.5) is 0 Å². The highest BCUT2D eigenvalue weighted by Gasteiger charge is 2.29. The Labute approximate surface area is 131 Å². The second-order valence-corrected chi connectivity index (χ2v) is 7.92. The molecule has 21 heavy (non-hydrogen) atoms. The van der Waals surface area contributed by atoms with Gasteiger partial charge in [-0.05, 0) is 44.7 Å². The minimum absolute atomic E-state index is 0.120. The van der Waals surface area contributed by atoms with Gasteiger partial charge >= 0.3 is 0 Å². The molecule has 1 aliphatic rings. The molecule has 1 fully saturated rings. The van der Waals surface area contributed by atoms with Crippen LogP contribution < -0.4 is 10.0 Å². The van der Waals surface area contributed by atoms with Gasteiger partial charge in [-0.25, -0.2) is 0 Å². The van der Waals surface area contributed by atoms with Gasteiger partial charge in [-0.2, -0.15) is 17.4 Å². The lowest BCUT2D eigenvalue weighted by atomic mass is 9.83. The van der Waals surface area contributed by atoms with E-state index >= 15 is 0 Å². The van der Waals surface area contributed by atoms with Crippen molar-refractivity contribution in [2.75, 3.05) is 26.7 Å². The molecule has 0 aliphatic heterocycles. The average molecular weight is 320 g/mol. The maximum Gasteiger partial charge on any atom is 0.279 e. The summed E-state index contributed by atoms with van der Waals surface area (Å²) in [4.78, 5) is 0. The first-order valence-electron chi connectivity index (χ1n) is 8.45. The summed E-state index contributed by atoms with van der Waals surface area (Å²) in [5.41, 5.74) is 0. The molecule has 0 radical (unpaired) electrons. The van der Waals surface area contributed by atoms with Crippen molar-refractivity contribution in [3.05, 3.63) is 0 Å². The average Bonchev–Trinajstić information content (AvgIpc) is 2.47. The lowest BCUT2D eigenvalue weighted by Gasteiger charge is -2.32. The van der Waals surface area contributed by atoms with Gasteiger partial charge in [-0.3, -0.25) is 0 Å². The van der Waals surface area contributed by atoms with Gasteiger partial charge in [0.05, 0.1) is 0 Å². The van der Waals surface area contributed by atoms with Crippen LogP contribution in [0.3, 0.4) is 0 Å². The molecule has 0 amide bonds. The van der Waals surface area contributed by atoms with Crippen molar-refractivity contribution in [2.24, 2.45) is 5.92 Å². The van der Waals surface area contributed by atoms with Crippen LogP contribution in [-0.2, 0) is 10.2 Å². The molecule has 0 aromatic carbocycles. The van der Waals surface area contributed by atoms with E-state index in [1.165, 1.54) is 10.7 Å². The van der Waals surface area contributed by atoms with Crippen LogP contribution in [0.1, 0.15) is 58.8 Å². The molecule has 0 spiro atoms. The Morgan fingerprint density at radius 1 is 1.14 bits per heavy atom. The number of nitrogens with one attached hydrogen (secondary N) is 2. The molecular weight excluding hydrogens is 286 g/mol. The van der Waals surface area contributed by atoms with Crippen molar-refractivity contribution in [1.29, 1.82) is 0 Å². The second-order valence-electron chi connectivity index (χ2n) is 6.11. The highest BCUT2D eigenvalue weighted by atomic mass is 32.2. The fraction of sp³-hybridized carbons (Fsp3) is 1.00. The zero-order valence-electron chi connectivity index (χ0n) is 13.9. The van der Waals surface area contributed by atoms with E-state index in [9.17, 15) is 8.42 Å². The smallest absolute Gasteiger partial charge is 0.279 e. The van der Waals surface area contributed by atoms with Crippen LogP contribution in [0.2, 0.25) is 0 Å². The highest BCUT2D eigenvalue weighted by Crippen LogP contribution is 2.27. The SMILES string of the molecule is CCCNCCCN(C)S(=O)(=O)NC1CCCCC1CC. The van der Waals surface area contributed by atoms with E-state index in [4.69, 9.17) is 0 Å². The molecule has 0 heterocycles. The van der Waals surface area contributed by atoms with Gasteiger partial charge in [-0.1, -0.05) is 33.1 Å². The third-order valence-electron chi connectivity index (χ3n) is 4.40. The van der Waals surface area contributed by atoms with E-state index < -0.39 is 10.2 Å². The minimum atomic E-state index is -3.34. The van der Waals surface area contributed by atoms with E-state index in [0.717, 1.165) is 51.6 Å². The summed E-state index contributed by atoms with van der Waals surface area (Å²) in [6.45, 7) is 6.71. The van der Waals surface area contributed by atoms with Gasteiger partial charge in [0.15, 0.2) is 0 Å². The van der Waals surface area contributed by atoms with Crippen molar-refractivity contribution in [1.82, 2.24) is 14.3 Å². The molecule has 2 N–H and O–H groups in total. The number of nitrogens with zero attached hydrogens (tertiary/aromatic N) is 1. The Balaban J connectivity index is 2.40. The topological polar surface area (TPSA) is 61.4 Å². The van der Waals surface area contributed by atoms with Crippen LogP contribution in [0, 0.1) is 5.92 Å². The quantitative estimate of drug-likeness (QED) is 0.606. The van der Waals surface area contributed by atoms with Gasteiger partial charge in [0.1, 0.15) is 0 Å². The molecule has 5 nitrogen and oxygen atoms in total. The van der Waals surface area contributed by atoms with E-state index in [0.29, 0.717) is 12.5 Å². The van der Waals surface area contributed by atoms with Gasteiger partial charge in [0, 0.05) is 19.6 Å². The third-order valence-corrected chi connectivity index (χ3v) is 6.00. The Morgan fingerprint density at radius 3 is 2.52 bits per heavy atom. The predicted molar refractivity (Wildman–Crippen MR) is 88.5 cm³/mol. The summed E-state index contributed by atoms with van der Waals surface area (Å²) in [5.74, 6) is 0.494. The summed E-state index contributed by atoms with van der Waals surface area (Å²) < 4.78 is 29.1. The van der Waals surface area contributed by atoms with Crippen LogP contribution >= 0.6 is 0 Å². The number of hydrogen-bond acceptors (Lipinski definition) is 3. The first-order valence-corrected chi connectivity index (χ1v) is 9.89. The van der Waals surface area contributed by atoms with Gasteiger partial charge in [0.25, 0.3) is 10.2 Å². The van der Waals surface area contributed by atoms with Crippen molar-refractivity contribution < 1.29 is 8.42 Å². The molecule has 0 saturated heterocycles. The maximum atomic E-state index is 12.4. The number of rotatable bonds is 10. The first kappa shape index (κ1) is 18.9. The standard InChI is InChI=1S/C15H33N3O2S/c1-4-11-16-12-8-13-18(3)21(19,20)17-15-10-7-6-9-14(15)5-2/h14-17H,4-13H2,1-3H3. The molecule has 6 heteroatoms. The molecule has 1 rings (SSSR count). The molecule has 126 valence electrons. The third kappa shape index (κ3) is 6.63. The van der Waals surface area contributed by atoms with E-state index in [2.05, 4.69) is 23.9 Å². The summed E-state index contributed by atoms with van der Waals surface area (Å²) in [6.07, 6.45) is 7.49. The molecule has 1 aliphatic carbocycles. The Morgan fingerprint density at radius 2 is 1.86 bits per heavy atom. The van der Waals surface area contributed by atoms with Crippen LogP contribution in [0.15, 0.2) is 0 Å². The van der Waals surface area contributed by atoms with Crippen LogP contribution in [-0.4, -0.2) is 45.4 Å². The molecule has 0 bridgehead atoms. The normalized spacial score (nSPS) is 23.6. The Hall–Kier alpha value is -0.170. The lowest BCUT2D eigenvalue weighted by Crippen LogP contribution is -2.48. The zero-order valence-corrected chi connectivity index (χ0v) is 14.7. The molecular formula is C15H33N3O2S. The maximum absolute atomic E-state index is 12.4. The van der Waals surface area contributed by atoms with E-state index in [1.54, 1.807) is 7.05 Å². The Bertz CT molecular complexity index is 373. The molecule has 2 unspecified atom stereocenters. The monoisotopic (exact) mass is 319 g/mol. The van der Waals surface area contributed by atoms with Crippen molar-refractivity contribution in [3.8, 4) is 0 Å². The van der Waals surface area contributed by atoms with Gasteiger partial charge in [-0.15, -0.1) is 0 Å². The van der Waals surface area contributed by atoms with Crippen molar-refractivity contribution in [3.63, 3.8) is 0 Å². The van der Waals surface area contributed by atoms with Gasteiger partial charge < -0.3 is 5.32 Å². The summed E-state index contributed by atoms with van der Waals surface area (Å²) in [6, 6.07) is 0.120. The lowest BCUT2D eigenvalue weighted by molar-refractivity contribution is 0.277. The van der Waals surface area contributed by atoms with Crippen molar-refractivity contribution in [2.45, 2.75) is 64.8 Å². The number of hydrogen-bond donors (Lipinski definition) is 2. The van der Waals surface area contributed by atoms with Crippen LogP contribution in [0.25, 0.3) is 0 Å². The summed E-state index contributed by atoms with van der Waals surface area (Å²) in [5, 5.41) is 3.30. The largest absolute Gasteiger partial charge is 0.317 e. The van der Waals surface area contributed by atoms with Gasteiger partial charge in [0.2, 0.25) is 0 Å².